The van der Waals surface area contributed by atoms with Crippen molar-refractivity contribution in [2.45, 2.75) is 13.5 Å². The highest BCUT2D eigenvalue weighted by molar-refractivity contribution is 6.07. The lowest BCUT2D eigenvalue weighted by Crippen LogP contribution is -2.35. The second kappa shape index (κ2) is 10.8. The molecular formula is C31H24F2N2O4. The van der Waals surface area contributed by atoms with Crippen LogP contribution in [0.3, 0.4) is 0 Å². The summed E-state index contributed by atoms with van der Waals surface area (Å²) in [6.45, 7) is 2.03. The van der Waals surface area contributed by atoms with Crippen molar-refractivity contribution in [2.75, 3.05) is 11.4 Å². The summed E-state index contributed by atoms with van der Waals surface area (Å²) < 4.78 is 35.4. The van der Waals surface area contributed by atoms with E-state index in [9.17, 15) is 23.5 Å². The number of phenols is 1. The largest absolute Gasteiger partial charge is 0.508 e. The minimum absolute atomic E-state index is 0.00544. The maximum Gasteiger partial charge on any atom is 0.263 e. The minimum Gasteiger partial charge on any atom is -0.508 e. The fraction of sp³-hybridized carbons (Fsp3) is 0.0968. The first kappa shape index (κ1) is 25.7. The Morgan fingerprint density at radius 2 is 1.67 bits per heavy atom. The highest BCUT2D eigenvalue weighted by Gasteiger charge is 2.23. The number of nitrogens with zero attached hydrogens (tertiary/aromatic N) is 2. The molecule has 0 aliphatic rings. The van der Waals surface area contributed by atoms with Gasteiger partial charge in [-0.15, -0.1) is 0 Å². The number of aromatic nitrogens is 1. The zero-order chi connectivity index (χ0) is 27.5. The normalized spacial score (nSPS) is 10.9. The summed E-state index contributed by atoms with van der Waals surface area (Å²) in [7, 11) is 0. The standard InChI is InChI=1S/C31H24F2N2O4/c1-2-34(24-14-21(32)13-22(33)15-24)31(38)28-18-35(23-9-6-10-25(36)16-23)29-17-26(11-12-27(29)30(28)37)39-19-20-7-4-3-5-8-20/h3-18,36H,2,19H2,1H3. The Bertz CT molecular complexity index is 1710. The Kier molecular flexibility index (Phi) is 7.10. The van der Waals surface area contributed by atoms with Gasteiger partial charge in [0.15, 0.2) is 0 Å². The van der Waals surface area contributed by atoms with E-state index in [1.165, 1.54) is 18.3 Å². The second-order valence-corrected chi connectivity index (χ2v) is 8.89. The molecule has 0 fully saturated rings. The SMILES string of the molecule is CCN(C(=O)c1cn(-c2cccc(O)c2)c2cc(OCc3ccccc3)ccc2c1=O)c1cc(F)cc(F)c1. The van der Waals surface area contributed by atoms with E-state index in [1.807, 2.05) is 30.3 Å². The Balaban J connectivity index is 1.64. The Hall–Kier alpha value is -4.98. The van der Waals surface area contributed by atoms with Gasteiger partial charge in [0.25, 0.3) is 5.91 Å². The van der Waals surface area contributed by atoms with Gasteiger partial charge in [-0.05, 0) is 48.9 Å². The number of halogens is 2. The maximum atomic E-state index is 13.9. The van der Waals surface area contributed by atoms with E-state index in [4.69, 9.17) is 4.74 Å². The number of rotatable bonds is 7. The van der Waals surface area contributed by atoms with Crippen molar-refractivity contribution in [2.24, 2.45) is 0 Å². The molecule has 1 amide bonds. The summed E-state index contributed by atoms with van der Waals surface area (Å²) in [5, 5.41) is 10.4. The monoisotopic (exact) mass is 526 g/mol. The quantitative estimate of drug-likeness (QED) is 0.273. The van der Waals surface area contributed by atoms with Gasteiger partial charge in [-0.3, -0.25) is 9.59 Å². The first-order chi connectivity index (χ1) is 18.8. The summed E-state index contributed by atoms with van der Waals surface area (Å²) in [6.07, 6.45) is 1.38. The van der Waals surface area contributed by atoms with Crippen molar-refractivity contribution in [1.82, 2.24) is 4.57 Å². The molecule has 0 atom stereocenters. The molecule has 1 heterocycles. The molecule has 8 heteroatoms. The van der Waals surface area contributed by atoms with E-state index in [0.29, 0.717) is 29.6 Å². The van der Waals surface area contributed by atoms with Crippen molar-refractivity contribution in [1.29, 1.82) is 0 Å². The third-order valence-corrected chi connectivity index (χ3v) is 6.28. The van der Waals surface area contributed by atoms with Crippen LogP contribution in [0.5, 0.6) is 11.5 Å². The number of carbonyl (C=O) groups is 1. The number of aromatic hydroxyl groups is 1. The Labute approximate surface area is 222 Å². The molecule has 0 aliphatic carbocycles. The van der Waals surface area contributed by atoms with E-state index >= 15 is 0 Å². The van der Waals surface area contributed by atoms with Gasteiger partial charge in [-0.25, -0.2) is 8.78 Å². The highest BCUT2D eigenvalue weighted by Crippen LogP contribution is 2.26. The van der Waals surface area contributed by atoms with Crippen LogP contribution in [0.25, 0.3) is 16.6 Å². The van der Waals surface area contributed by atoms with Crippen LogP contribution in [-0.4, -0.2) is 22.1 Å². The first-order valence-electron chi connectivity index (χ1n) is 12.3. The molecule has 0 unspecified atom stereocenters. The number of phenolic OH excluding ortho intramolecular Hbond substituents is 1. The zero-order valence-electron chi connectivity index (χ0n) is 21.0. The van der Waals surface area contributed by atoms with E-state index < -0.39 is 23.0 Å². The molecule has 0 saturated heterocycles. The first-order valence-corrected chi connectivity index (χ1v) is 12.3. The lowest BCUT2D eigenvalue weighted by Gasteiger charge is -2.22. The number of pyridine rings is 1. The number of carbonyl (C=O) groups excluding carboxylic acids is 1. The molecule has 0 saturated carbocycles. The summed E-state index contributed by atoms with van der Waals surface area (Å²) >= 11 is 0. The lowest BCUT2D eigenvalue weighted by atomic mass is 10.1. The number of anilines is 1. The molecule has 5 rings (SSSR count). The van der Waals surface area contributed by atoms with Crippen LogP contribution in [0.1, 0.15) is 22.8 Å². The average molecular weight is 527 g/mol. The summed E-state index contributed by atoms with van der Waals surface area (Å²) in [6, 6.07) is 23.7. The van der Waals surface area contributed by atoms with Crippen LogP contribution in [-0.2, 0) is 6.61 Å². The zero-order valence-corrected chi connectivity index (χ0v) is 21.0. The summed E-state index contributed by atoms with van der Waals surface area (Å²) in [5.74, 6) is -1.89. The van der Waals surface area contributed by atoms with Gasteiger partial charge >= 0.3 is 0 Å². The van der Waals surface area contributed by atoms with Crippen LogP contribution in [0.15, 0.2) is 102 Å². The molecule has 1 N–H and O–H groups in total. The number of amides is 1. The lowest BCUT2D eigenvalue weighted by molar-refractivity contribution is 0.0987. The molecule has 0 radical (unpaired) electrons. The highest BCUT2D eigenvalue weighted by atomic mass is 19.1. The van der Waals surface area contributed by atoms with Gasteiger partial charge in [0.1, 0.15) is 35.3 Å². The van der Waals surface area contributed by atoms with Crippen molar-refractivity contribution in [3.63, 3.8) is 0 Å². The van der Waals surface area contributed by atoms with Gasteiger partial charge in [0, 0.05) is 47.7 Å². The molecule has 0 spiro atoms. The van der Waals surface area contributed by atoms with Crippen LogP contribution in [0, 0.1) is 11.6 Å². The van der Waals surface area contributed by atoms with Crippen LogP contribution in [0.2, 0.25) is 0 Å². The van der Waals surface area contributed by atoms with Gasteiger partial charge in [-0.2, -0.15) is 0 Å². The van der Waals surface area contributed by atoms with Crippen molar-refractivity contribution < 1.29 is 23.4 Å². The van der Waals surface area contributed by atoms with Gasteiger partial charge in [0.2, 0.25) is 5.43 Å². The van der Waals surface area contributed by atoms with Gasteiger partial charge in [-0.1, -0.05) is 36.4 Å². The number of fused-ring (bicyclic) bond motifs is 1. The molecule has 6 nitrogen and oxygen atoms in total. The predicted octanol–water partition coefficient (Wildman–Crippen LogP) is 6.22. The van der Waals surface area contributed by atoms with Crippen molar-refractivity contribution in [3.05, 3.63) is 130 Å². The topological polar surface area (TPSA) is 71.8 Å². The van der Waals surface area contributed by atoms with Crippen LogP contribution < -0.4 is 15.1 Å². The van der Waals surface area contributed by atoms with E-state index in [-0.39, 0.29) is 28.9 Å². The Morgan fingerprint density at radius 1 is 0.923 bits per heavy atom. The smallest absolute Gasteiger partial charge is 0.263 e. The Morgan fingerprint density at radius 3 is 2.36 bits per heavy atom. The number of hydrogen-bond acceptors (Lipinski definition) is 4. The fourth-order valence-corrected chi connectivity index (χ4v) is 4.43. The fourth-order valence-electron chi connectivity index (χ4n) is 4.43. The molecule has 0 aliphatic heterocycles. The molecular weight excluding hydrogens is 502 g/mol. The average Bonchev–Trinajstić information content (AvgIpc) is 2.92. The molecule has 5 aromatic rings. The number of benzene rings is 4. The van der Waals surface area contributed by atoms with Crippen LogP contribution >= 0.6 is 0 Å². The van der Waals surface area contributed by atoms with Crippen molar-refractivity contribution >= 4 is 22.5 Å². The van der Waals surface area contributed by atoms with Gasteiger partial charge < -0.3 is 19.3 Å². The van der Waals surface area contributed by atoms with E-state index in [2.05, 4.69) is 0 Å². The van der Waals surface area contributed by atoms with Crippen molar-refractivity contribution in [3.8, 4) is 17.2 Å². The summed E-state index contributed by atoms with van der Waals surface area (Å²) in [4.78, 5) is 28.4. The maximum absolute atomic E-state index is 13.9. The van der Waals surface area contributed by atoms with E-state index in [0.717, 1.165) is 22.6 Å². The van der Waals surface area contributed by atoms with E-state index in [1.54, 1.807) is 41.8 Å². The molecule has 1 aromatic heterocycles. The molecule has 196 valence electrons. The molecule has 4 aromatic carbocycles. The number of ether oxygens (including phenoxy) is 1. The molecule has 39 heavy (non-hydrogen) atoms. The summed E-state index contributed by atoms with van der Waals surface area (Å²) in [5.41, 5.74) is 1.17. The number of hydrogen-bond donors (Lipinski definition) is 1. The van der Waals surface area contributed by atoms with Crippen LogP contribution in [0.4, 0.5) is 14.5 Å². The van der Waals surface area contributed by atoms with Gasteiger partial charge in [0.05, 0.1) is 5.52 Å². The predicted molar refractivity (Wildman–Crippen MR) is 146 cm³/mol. The minimum atomic E-state index is -0.838. The molecule has 0 bridgehead atoms. The third kappa shape index (κ3) is 5.36. The third-order valence-electron chi connectivity index (χ3n) is 6.28. The second-order valence-electron chi connectivity index (χ2n) is 8.89.